The van der Waals surface area contributed by atoms with Gasteiger partial charge in [-0.25, -0.2) is 4.79 Å². The van der Waals surface area contributed by atoms with E-state index in [0.717, 1.165) is 18.4 Å². The number of aldehydes is 1. The van der Waals surface area contributed by atoms with Crippen molar-refractivity contribution in [3.8, 4) is 0 Å². The van der Waals surface area contributed by atoms with Crippen LogP contribution >= 0.6 is 0 Å². The first-order valence-electron chi connectivity index (χ1n) is 11.4. The molecule has 0 aromatic heterocycles. The van der Waals surface area contributed by atoms with Gasteiger partial charge in [0.2, 0.25) is 11.8 Å². The van der Waals surface area contributed by atoms with Crippen molar-refractivity contribution in [1.29, 1.82) is 0 Å². The van der Waals surface area contributed by atoms with Gasteiger partial charge in [-0.1, -0.05) is 44.2 Å². The number of carbonyl (C=O) groups excluding carboxylic acids is 4. The van der Waals surface area contributed by atoms with E-state index in [1.807, 2.05) is 44.2 Å². The summed E-state index contributed by atoms with van der Waals surface area (Å²) in [6.07, 6.45) is 3.52. The predicted molar refractivity (Wildman–Crippen MR) is 119 cm³/mol. The van der Waals surface area contributed by atoms with E-state index in [1.54, 1.807) is 0 Å². The topological polar surface area (TPSA) is 114 Å². The molecule has 3 rings (SSSR count). The van der Waals surface area contributed by atoms with Gasteiger partial charge in [0.25, 0.3) is 0 Å². The highest BCUT2D eigenvalue weighted by molar-refractivity contribution is 5.88. The van der Waals surface area contributed by atoms with Crippen molar-refractivity contribution in [3.05, 3.63) is 35.9 Å². The summed E-state index contributed by atoms with van der Waals surface area (Å²) in [6.45, 7) is 4.48. The number of ether oxygens (including phenoxy) is 1. The Morgan fingerprint density at radius 1 is 1.22 bits per heavy atom. The molecule has 8 nitrogen and oxygen atoms in total. The molecule has 3 atom stereocenters. The fourth-order valence-electron chi connectivity index (χ4n) is 4.10. The first-order chi connectivity index (χ1) is 15.3. The lowest BCUT2D eigenvalue weighted by molar-refractivity contribution is -0.127. The van der Waals surface area contributed by atoms with Crippen LogP contribution in [0.4, 0.5) is 4.79 Å². The highest BCUT2D eigenvalue weighted by Gasteiger charge is 2.47. The Morgan fingerprint density at radius 2 is 1.94 bits per heavy atom. The van der Waals surface area contributed by atoms with Gasteiger partial charge in [0, 0.05) is 18.9 Å². The average Bonchev–Trinajstić information content (AvgIpc) is 3.37. The average molecular weight is 444 g/mol. The van der Waals surface area contributed by atoms with Gasteiger partial charge in [0.15, 0.2) is 0 Å². The minimum Gasteiger partial charge on any atom is -0.443 e. The van der Waals surface area contributed by atoms with Crippen LogP contribution < -0.4 is 16.0 Å². The molecule has 1 saturated carbocycles. The molecule has 2 fully saturated rings. The molecule has 2 unspecified atom stereocenters. The largest absolute Gasteiger partial charge is 0.443 e. The minimum atomic E-state index is -0.824. The number of benzene rings is 1. The molecule has 3 N–H and O–H groups in total. The van der Waals surface area contributed by atoms with E-state index >= 15 is 0 Å². The van der Waals surface area contributed by atoms with Crippen LogP contribution in [0.3, 0.4) is 0 Å². The Hall–Kier alpha value is -2.90. The van der Waals surface area contributed by atoms with Gasteiger partial charge in [-0.3, -0.25) is 9.59 Å². The van der Waals surface area contributed by atoms with Crippen molar-refractivity contribution in [2.45, 2.75) is 70.1 Å². The molecule has 2 aliphatic rings. The Kier molecular flexibility index (Phi) is 7.88. The molecule has 1 aromatic carbocycles. The zero-order chi connectivity index (χ0) is 23.1. The smallest absolute Gasteiger partial charge is 0.408 e. The fourth-order valence-corrected chi connectivity index (χ4v) is 4.10. The van der Waals surface area contributed by atoms with Gasteiger partial charge in [0.05, 0.1) is 6.04 Å². The van der Waals surface area contributed by atoms with E-state index in [2.05, 4.69) is 16.0 Å². The maximum atomic E-state index is 12.9. The lowest BCUT2D eigenvalue weighted by Gasteiger charge is -2.24. The molecule has 1 aliphatic carbocycles. The van der Waals surface area contributed by atoms with Crippen LogP contribution in [0.2, 0.25) is 0 Å². The first-order valence-corrected chi connectivity index (χ1v) is 11.4. The highest BCUT2D eigenvalue weighted by Crippen LogP contribution is 2.42. The monoisotopic (exact) mass is 443 g/mol. The van der Waals surface area contributed by atoms with Crippen LogP contribution in [0.1, 0.15) is 51.5 Å². The maximum Gasteiger partial charge on any atom is 0.408 e. The summed E-state index contributed by atoms with van der Waals surface area (Å²) in [5.41, 5.74) is 0.574. The van der Waals surface area contributed by atoms with E-state index in [-0.39, 0.29) is 24.2 Å². The van der Waals surface area contributed by atoms with Crippen molar-refractivity contribution in [1.82, 2.24) is 16.0 Å². The standard InChI is InChI=1S/C24H33N3O5/c1-16(2)12-20(22(30)26-19(15-28)13-18-8-11-25-21(18)29)27-23(31)32-24(9-10-24)14-17-6-4-3-5-7-17/h3-7,15-16,18-20H,8-14H2,1-2H3,(H,25,29)(H,26,30)(H,27,31)/t18-,19?,20?/m0/s1. The first kappa shape index (κ1) is 23.8. The lowest BCUT2D eigenvalue weighted by Crippen LogP contribution is -2.51. The van der Waals surface area contributed by atoms with Gasteiger partial charge in [0.1, 0.15) is 17.9 Å². The summed E-state index contributed by atoms with van der Waals surface area (Å²) in [4.78, 5) is 48.8. The summed E-state index contributed by atoms with van der Waals surface area (Å²) in [5, 5.41) is 8.11. The summed E-state index contributed by atoms with van der Waals surface area (Å²) >= 11 is 0. The second kappa shape index (κ2) is 10.6. The van der Waals surface area contributed by atoms with Crippen LogP contribution in [0, 0.1) is 11.8 Å². The normalized spacial score (nSPS) is 20.7. The number of nitrogens with one attached hydrogen (secondary N) is 3. The van der Waals surface area contributed by atoms with Crippen LogP contribution in [0.25, 0.3) is 0 Å². The molecule has 1 aliphatic heterocycles. The van der Waals surface area contributed by atoms with Gasteiger partial charge in [-0.15, -0.1) is 0 Å². The molecule has 1 saturated heterocycles. The lowest BCUT2D eigenvalue weighted by atomic mass is 9.98. The Morgan fingerprint density at radius 3 is 2.50 bits per heavy atom. The molecule has 0 radical (unpaired) electrons. The Bertz CT molecular complexity index is 822. The van der Waals surface area contributed by atoms with Gasteiger partial charge in [-0.05, 0) is 43.6 Å². The third-order valence-electron chi connectivity index (χ3n) is 5.99. The Labute approximate surface area is 188 Å². The zero-order valence-corrected chi connectivity index (χ0v) is 18.8. The third-order valence-corrected chi connectivity index (χ3v) is 5.99. The predicted octanol–water partition coefficient (Wildman–Crippen LogP) is 2.11. The summed E-state index contributed by atoms with van der Waals surface area (Å²) in [7, 11) is 0. The zero-order valence-electron chi connectivity index (χ0n) is 18.8. The van der Waals surface area contributed by atoms with E-state index in [1.165, 1.54) is 0 Å². The SMILES string of the molecule is CC(C)CC(NC(=O)OC1(Cc2ccccc2)CC1)C(=O)NC(C=O)C[C@@H]1CCNC1=O. The molecule has 174 valence electrons. The van der Waals surface area contributed by atoms with Gasteiger partial charge < -0.3 is 25.5 Å². The molecule has 1 heterocycles. The number of alkyl carbamates (subject to hydrolysis) is 1. The summed E-state index contributed by atoms with van der Waals surface area (Å²) in [6, 6.07) is 8.24. The third kappa shape index (κ3) is 6.80. The second-order valence-corrected chi connectivity index (χ2v) is 9.32. The number of rotatable bonds is 11. The van der Waals surface area contributed by atoms with Crippen molar-refractivity contribution in [2.24, 2.45) is 11.8 Å². The molecule has 3 amide bonds. The van der Waals surface area contributed by atoms with Crippen molar-refractivity contribution in [2.75, 3.05) is 6.54 Å². The van der Waals surface area contributed by atoms with Gasteiger partial charge >= 0.3 is 6.09 Å². The van der Waals surface area contributed by atoms with Crippen LogP contribution in [-0.4, -0.2) is 48.4 Å². The highest BCUT2D eigenvalue weighted by atomic mass is 16.6. The minimum absolute atomic E-state index is 0.0975. The number of carbonyl (C=O) groups is 4. The maximum absolute atomic E-state index is 12.9. The molecule has 8 heteroatoms. The molecule has 0 spiro atoms. The van der Waals surface area contributed by atoms with Crippen molar-refractivity contribution < 1.29 is 23.9 Å². The van der Waals surface area contributed by atoms with Crippen LogP contribution in [0.15, 0.2) is 30.3 Å². The molecular weight excluding hydrogens is 410 g/mol. The summed E-state index contributed by atoms with van der Waals surface area (Å²) < 4.78 is 5.72. The molecular formula is C24H33N3O5. The molecule has 0 bridgehead atoms. The number of amides is 3. The van der Waals surface area contributed by atoms with Crippen LogP contribution in [-0.2, 0) is 25.5 Å². The Balaban J connectivity index is 1.56. The fraction of sp³-hybridized carbons (Fsp3) is 0.583. The van der Waals surface area contributed by atoms with E-state index in [9.17, 15) is 19.2 Å². The van der Waals surface area contributed by atoms with E-state index < -0.39 is 29.7 Å². The van der Waals surface area contributed by atoms with E-state index in [4.69, 9.17) is 4.74 Å². The van der Waals surface area contributed by atoms with E-state index in [0.29, 0.717) is 32.1 Å². The van der Waals surface area contributed by atoms with Crippen molar-refractivity contribution in [3.63, 3.8) is 0 Å². The second-order valence-electron chi connectivity index (χ2n) is 9.32. The van der Waals surface area contributed by atoms with Gasteiger partial charge in [-0.2, -0.15) is 0 Å². The quantitative estimate of drug-likeness (QED) is 0.453. The molecule has 1 aromatic rings. The number of hydrogen-bond donors (Lipinski definition) is 3. The van der Waals surface area contributed by atoms with Crippen molar-refractivity contribution >= 4 is 24.2 Å². The number of hydrogen-bond acceptors (Lipinski definition) is 5. The summed E-state index contributed by atoms with van der Waals surface area (Å²) in [5.74, 6) is -0.695. The molecule has 32 heavy (non-hydrogen) atoms. The van der Waals surface area contributed by atoms with Crippen LogP contribution in [0.5, 0.6) is 0 Å².